The number of carbonyl (C=O) groups is 1. The van der Waals surface area contributed by atoms with Gasteiger partial charge in [0, 0.05) is 5.69 Å². The Bertz CT molecular complexity index is 421. The first-order valence-electron chi connectivity index (χ1n) is 5.08. The summed E-state index contributed by atoms with van der Waals surface area (Å²) < 4.78 is 0. The number of rotatable bonds is 4. The maximum atomic E-state index is 11.2. The van der Waals surface area contributed by atoms with Gasteiger partial charge in [-0.1, -0.05) is 6.07 Å². The van der Waals surface area contributed by atoms with E-state index in [9.17, 15) is 4.79 Å². The lowest BCUT2D eigenvalue weighted by molar-refractivity contribution is -0.119. The molecule has 4 heteroatoms. The highest BCUT2D eigenvalue weighted by molar-refractivity contribution is 5.80. The second kappa shape index (κ2) is 5.76. The molecule has 0 aliphatic rings. The normalized spacial score (nSPS) is 9.31. The highest BCUT2D eigenvalue weighted by Gasteiger charge is 2.00. The van der Waals surface area contributed by atoms with Crippen LogP contribution in [0.3, 0.4) is 0 Å². The predicted octanol–water partition coefficient (Wildman–Crippen LogP) is 1.36. The molecule has 1 aromatic carbocycles. The minimum atomic E-state index is -0.181. The number of amides is 1. The highest BCUT2D eigenvalue weighted by atomic mass is 16.1. The van der Waals surface area contributed by atoms with Crippen molar-refractivity contribution in [3.63, 3.8) is 0 Å². The molecule has 16 heavy (non-hydrogen) atoms. The molecule has 0 bridgehead atoms. The topological polar surface area (TPSA) is 64.9 Å². The standard InChI is InChI=1S/C12H15N3O/c1-9-3-4-11(7-10(9)2)15-8-12(16)14-6-5-13/h3-4,7,15H,6,8H2,1-2H3,(H,14,16). The van der Waals surface area contributed by atoms with Gasteiger partial charge in [-0.15, -0.1) is 0 Å². The molecule has 0 saturated carbocycles. The Balaban J connectivity index is 2.46. The van der Waals surface area contributed by atoms with Crippen molar-refractivity contribution in [2.45, 2.75) is 13.8 Å². The maximum absolute atomic E-state index is 11.2. The van der Waals surface area contributed by atoms with Crippen molar-refractivity contribution >= 4 is 11.6 Å². The summed E-state index contributed by atoms with van der Waals surface area (Å²) in [7, 11) is 0. The average molecular weight is 217 g/mol. The van der Waals surface area contributed by atoms with Crippen LogP contribution in [0.25, 0.3) is 0 Å². The number of carbonyl (C=O) groups excluding carboxylic acids is 1. The third-order valence-electron chi connectivity index (χ3n) is 2.32. The lowest BCUT2D eigenvalue weighted by Gasteiger charge is -2.08. The fourth-order valence-electron chi connectivity index (χ4n) is 1.23. The van der Waals surface area contributed by atoms with E-state index in [4.69, 9.17) is 5.26 Å². The zero-order valence-electron chi connectivity index (χ0n) is 9.50. The Morgan fingerprint density at radius 1 is 1.38 bits per heavy atom. The van der Waals surface area contributed by atoms with Crippen LogP contribution in [0.2, 0.25) is 0 Å². The Morgan fingerprint density at radius 2 is 2.12 bits per heavy atom. The van der Waals surface area contributed by atoms with Gasteiger partial charge in [0.25, 0.3) is 0 Å². The monoisotopic (exact) mass is 217 g/mol. The van der Waals surface area contributed by atoms with Gasteiger partial charge in [-0.2, -0.15) is 5.26 Å². The number of nitrogens with one attached hydrogen (secondary N) is 2. The molecule has 1 aromatic rings. The van der Waals surface area contributed by atoms with Crippen LogP contribution in [0.4, 0.5) is 5.69 Å². The van der Waals surface area contributed by atoms with Gasteiger partial charge in [0.05, 0.1) is 12.6 Å². The molecule has 1 amide bonds. The quantitative estimate of drug-likeness (QED) is 0.748. The molecule has 0 fully saturated rings. The minimum Gasteiger partial charge on any atom is -0.376 e. The van der Waals surface area contributed by atoms with Gasteiger partial charge in [-0.25, -0.2) is 0 Å². The van der Waals surface area contributed by atoms with Crippen LogP contribution in [0.15, 0.2) is 18.2 Å². The second-order valence-electron chi connectivity index (χ2n) is 3.59. The van der Waals surface area contributed by atoms with Gasteiger partial charge in [0.15, 0.2) is 0 Å². The van der Waals surface area contributed by atoms with Gasteiger partial charge in [-0.3, -0.25) is 4.79 Å². The SMILES string of the molecule is Cc1ccc(NCC(=O)NCC#N)cc1C. The van der Waals surface area contributed by atoms with Crippen LogP contribution in [-0.4, -0.2) is 19.0 Å². The van der Waals surface area contributed by atoms with Crippen molar-refractivity contribution in [3.8, 4) is 6.07 Å². The number of nitriles is 1. The molecule has 0 radical (unpaired) electrons. The molecule has 0 unspecified atom stereocenters. The number of nitrogens with zero attached hydrogens (tertiary/aromatic N) is 1. The van der Waals surface area contributed by atoms with Crippen LogP contribution >= 0.6 is 0 Å². The van der Waals surface area contributed by atoms with E-state index in [0.29, 0.717) is 0 Å². The number of aryl methyl sites for hydroxylation is 2. The first kappa shape index (κ1) is 12.1. The van der Waals surface area contributed by atoms with Crippen LogP contribution < -0.4 is 10.6 Å². The summed E-state index contributed by atoms with van der Waals surface area (Å²) in [6.07, 6.45) is 0. The summed E-state index contributed by atoms with van der Waals surface area (Å²) >= 11 is 0. The van der Waals surface area contributed by atoms with Crippen LogP contribution in [0.5, 0.6) is 0 Å². The van der Waals surface area contributed by atoms with E-state index >= 15 is 0 Å². The Morgan fingerprint density at radius 3 is 2.75 bits per heavy atom. The lowest BCUT2D eigenvalue weighted by Crippen LogP contribution is -2.29. The van der Waals surface area contributed by atoms with E-state index in [1.54, 1.807) is 0 Å². The van der Waals surface area contributed by atoms with Crippen LogP contribution in [-0.2, 0) is 4.79 Å². The maximum Gasteiger partial charge on any atom is 0.240 e. The highest BCUT2D eigenvalue weighted by Crippen LogP contribution is 2.13. The third kappa shape index (κ3) is 3.62. The molecule has 0 saturated heterocycles. The molecule has 0 aromatic heterocycles. The lowest BCUT2D eigenvalue weighted by atomic mass is 10.1. The summed E-state index contributed by atoms with van der Waals surface area (Å²) in [5, 5.41) is 13.7. The predicted molar refractivity (Wildman–Crippen MR) is 63.0 cm³/mol. The molecule has 0 spiro atoms. The Labute approximate surface area is 95.3 Å². The molecular weight excluding hydrogens is 202 g/mol. The molecule has 4 nitrogen and oxygen atoms in total. The van der Waals surface area contributed by atoms with Gasteiger partial charge in [0.1, 0.15) is 6.54 Å². The van der Waals surface area contributed by atoms with Gasteiger partial charge in [-0.05, 0) is 37.1 Å². The smallest absolute Gasteiger partial charge is 0.240 e. The summed E-state index contributed by atoms with van der Waals surface area (Å²) in [5.41, 5.74) is 3.32. The van der Waals surface area contributed by atoms with E-state index in [2.05, 4.69) is 10.6 Å². The van der Waals surface area contributed by atoms with Gasteiger partial charge in [0.2, 0.25) is 5.91 Å². The fraction of sp³-hybridized carbons (Fsp3) is 0.333. The Hall–Kier alpha value is -2.02. The first-order valence-corrected chi connectivity index (χ1v) is 5.08. The fourth-order valence-corrected chi connectivity index (χ4v) is 1.23. The summed E-state index contributed by atoms with van der Waals surface area (Å²) in [6, 6.07) is 7.78. The number of anilines is 1. The summed E-state index contributed by atoms with van der Waals surface area (Å²) in [5.74, 6) is -0.181. The van der Waals surface area contributed by atoms with Gasteiger partial charge < -0.3 is 10.6 Å². The number of hydrogen-bond acceptors (Lipinski definition) is 3. The zero-order valence-corrected chi connectivity index (χ0v) is 9.50. The number of benzene rings is 1. The molecule has 0 atom stereocenters. The zero-order chi connectivity index (χ0) is 12.0. The van der Waals surface area contributed by atoms with Gasteiger partial charge >= 0.3 is 0 Å². The van der Waals surface area contributed by atoms with E-state index < -0.39 is 0 Å². The Kier molecular flexibility index (Phi) is 4.34. The molecule has 0 heterocycles. The minimum absolute atomic E-state index is 0.0490. The van der Waals surface area contributed by atoms with Crippen molar-refractivity contribution in [2.24, 2.45) is 0 Å². The van der Waals surface area contributed by atoms with Crippen molar-refractivity contribution in [1.82, 2.24) is 5.32 Å². The summed E-state index contributed by atoms with van der Waals surface area (Å²) in [6.45, 7) is 4.30. The molecular formula is C12H15N3O. The first-order chi connectivity index (χ1) is 7.63. The van der Waals surface area contributed by atoms with E-state index in [-0.39, 0.29) is 19.0 Å². The average Bonchev–Trinajstić information content (AvgIpc) is 2.28. The van der Waals surface area contributed by atoms with Crippen molar-refractivity contribution < 1.29 is 4.79 Å². The molecule has 2 N–H and O–H groups in total. The summed E-state index contributed by atoms with van der Waals surface area (Å²) in [4.78, 5) is 11.2. The third-order valence-corrected chi connectivity index (χ3v) is 2.32. The van der Waals surface area contributed by atoms with Crippen LogP contribution in [0.1, 0.15) is 11.1 Å². The number of hydrogen-bond donors (Lipinski definition) is 2. The second-order valence-corrected chi connectivity index (χ2v) is 3.59. The van der Waals surface area contributed by atoms with E-state index in [1.807, 2.05) is 38.1 Å². The largest absolute Gasteiger partial charge is 0.376 e. The van der Waals surface area contributed by atoms with Crippen molar-refractivity contribution in [2.75, 3.05) is 18.4 Å². The van der Waals surface area contributed by atoms with Crippen molar-refractivity contribution in [1.29, 1.82) is 5.26 Å². The molecule has 84 valence electrons. The molecule has 1 rings (SSSR count). The molecule has 0 aliphatic heterocycles. The van der Waals surface area contributed by atoms with Crippen molar-refractivity contribution in [3.05, 3.63) is 29.3 Å². The van der Waals surface area contributed by atoms with Crippen LogP contribution in [0, 0.1) is 25.2 Å². The van der Waals surface area contributed by atoms with E-state index in [0.717, 1.165) is 5.69 Å². The molecule has 0 aliphatic carbocycles. The van der Waals surface area contributed by atoms with E-state index in [1.165, 1.54) is 11.1 Å².